The van der Waals surface area contributed by atoms with E-state index in [0.29, 0.717) is 17.0 Å². The highest BCUT2D eigenvalue weighted by atomic mass is 19.1. The number of nitrogens with one attached hydrogen (secondary N) is 1. The van der Waals surface area contributed by atoms with E-state index in [2.05, 4.69) is 10.2 Å². The van der Waals surface area contributed by atoms with Crippen LogP contribution in [0.25, 0.3) is 0 Å². The van der Waals surface area contributed by atoms with Crippen LogP contribution in [0.1, 0.15) is 30.0 Å². The van der Waals surface area contributed by atoms with Gasteiger partial charge in [0.2, 0.25) is 0 Å². The topological polar surface area (TPSA) is 15.3 Å². The number of hydrogen-bond donors (Lipinski definition) is 1. The lowest BCUT2D eigenvalue weighted by atomic mass is 9.96. The lowest BCUT2D eigenvalue weighted by Crippen LogP contribution is -2.46. The fourth-order valence-corrected chi connectivity index (χ4v) is 3.04. The van der Waals surface area contributed by atoms with Crippen LogP contribution in [0.4, 0.5) is 8.78 Å². The second-order valence-electron chi connectivity index (χ2n) is 5.66. The molecule has 0 bridgehead atoms. The standard InChI is InChI=1S/C15H20F2N2/c1-10-2-5-12(16)13(14(10)17)15(11-3-4-11)19-8-6-18-7-9-19/h2,5,11,15,18H,3-4,6-9H2,1H3/t15-/m1/s1. The van der Waals surface area contributed by atoms with Crippen LogP contribution in [-0.4, -0.2) is 31.1 Å². The summed E-state index contributed by atoms with van der Waals surface area (Å²) in [6, 6.07) is 2.85. The Bertz CT molecular complexity index is 465. The lowest BCUT2D eigenvalue weighted by Gasteiger charge is -2.36. The number of benzene rings is 1. The van der Waals surface area contributed by atoms with Gasteiger partial charge in [0.05, 0.1) is 0 Å². The minimum Gasteiger partial charge on any atom is -0.314 e. The Balaban J connectivity index is 1.97. The molecule has 0 spiro atoms. The SMILES string of the molecule is Cc1ccc(F)c([C@@H](C2CC2)N2CCNCC2)c1F. The molecule has 0 aromatic heterocycles. The number of hydrogen-bond acceptors (Lipinski definition) is 2. The van der Waals surface area contributed by atoms with Crippen molar-refractivity contribution in [3.8, 4) is 0 Å². The Hall–Kier alpha value is -1.00. The Morgan fingerprint density at radius 1 is 1.21 bits per heavy atom. The van der Waals surface area contributed by atoms with E-state index in [1.54, 1.807) is 6.92 Å². The molecule has 4 heteroatoms. The van der Waals surface area contributed by atoms with E-state index < -0.39 is 5.82 Å². The molecule has 0 amide bonds. The lowest BCUT2D eigenvalue weighted by molar-refractivity contribution is 0.149. The Labute approximate surface area is 112 Å². The molecule has 1 aromatic carbocycles. The largest absolute Gasteiger partial charge is 0.314 e. The van der Waals surface area contributed by atoms with Crippen LogP contribution in [-0.2, 0) is 0 Å². The molecule has 0 unspecified atom stereocenters. The van der Waals surface area contributed by atoms with Crippen LogP contribution in [0.2, 0.25) is 0 Å². The van der Waals surface area contributed by atoms with Gasteiger partial charge in [-0.15, -0.1) is 0 Å². The van der Waals surface area contributed by atoms with Crippen molar-refractivity contribution in [1.82, 2.24) is 10.2 Å². The predicted octanol–water partition coefficient (Wildman–Crippen LogP) is 2.63. The van der Waals surface area contributed by atoms with Gasteiger partial charge < -0.3 is 5.32 Å². The van der Waals surface area contributed by atoms with Crippen molar-refractivity contribution in [2.45, 2.75) is 25.8 Å². The molecule has 1 aromatic rings. The molecule has 1 saturated carbocycles. The van der Waals surface area contributed by atoms with Crippen molar-refractivity contribution in [3.05, 3.63) is 34.9 Å². The number of halogens is 2. The highest BCUT2D eigenvalue weighted by Crippen LogP contribution is 2.46. The van der Waals surface area contributed by atoms with E-state index in [9.17, 15) is 8.78 Å². The van der Waals surface area contributed by atoms with Gasteiger partial charge in [-0.25, -0.2) is 8.78 Å². The first-order valence-electron chi connectivity index (χ1n) is 7.07. The molecule has 1 aliphatic heterocycles. The number of piperazine rings is 1. The van der Waals surface area contributed by atoms with Gasteiger partial charge in [-0.1, -0.05) is 6.07 Å². The average molecular weight is 266 g/mol. The summed E-state index contributed by atoms with van der Waals surface area (Å²) in [7, 11) is 0. The van der Waals surface area contributed by atoms with E-state index >= 15 is 0 Å². The fourth-order valence-electron chi connectivity index (χ4n) is 3.04. The molecule has 1 N–H and O–H groups in total. The smallest absolute Gasteiger partial charge is 0.133 e. The third kappa shape index (κ3) is 2.51. The van der Waals surface area contributed by atoms with Gasteiger partial charge in [-0.2, -0.15) is 0 Å². The predicted molar refractivity (Wildman–Crippen MR) is 71.0 cm³/mol. The Morgan fingerprint density at radius 2 is 1.89 bits per heavy atom. The molecular formula is C15H20F2N2. The molecule has 2 fully saturated rings. The average Bonchev–Trinajstić information content (AvgIpc) is 3.24. The van der Waals surface area contributed by atoms with E-state index in [4.69, 9.17) is 0 Å². The molecular weight excluding hydrogens is 246 g/mol. The van der Waals surface area contributed by atoms with Crippen LogP contribution >= 0.6 is 0 Å². The Kier molecular flexibility index (Phi) is 3.54. The Morgan fingerprint density at radius 3 is 2.53 bits per heavy atom. The quantitative estimate of drug-likeness (QED) is 0.904. The first kappa shape index (κ1) is 13.0. The molecule has 1 aliphatic carbocycles. The summed E-state index contributed by atoms with van der Waals surface area (Å²) in [5.41, 5.74) is 0.835. The van der Waals surface area contributed by atoms with Gasteiger partial charge >= 0.3 is 0 Å². The third-order valence-corrected chi connectivity index (χ3v) is 4.23. The van der Waals surface area contributed by atoms with Gasteiger partial charge in [0.15, 0.2) is 0 Å². The maximum absolute atomic E-state index is 14.4. The monoisotopic (exact) mass is 266 g/mol. The third-order valence-electron chi connectivity index (χ3n) is 4.23. The summed E-state index contributed by atoms with van der Waals surface area (Å²) < 4.78 is 28.5. The van der Waals surface area contributed by atoms with Crippen LogP contribution in [0.3, 0.4) is 0 Å². The minimum absolute atomic E-state index is 0.0815. The molecule has 104 valence electrons. The van der Waals surface area contributed by atoms with Gasteiger partial charge in [0.1, 0.15) is 11.6 Å². The first-order valence-corrected chi connectivity index (χ1v) is 7.07. The highest BCUT2D eigenvalue weighted by Gasteiger charge is 2.39. The molecule has 1 saturated heterocycles. The van der Waals surface area contributed by atoms with Crippen molar-refractivity contribution in [2.75, 3.05) is 26.2 Å². The second kappa shape index (κ2) is 5.17. The van der Waals surface area contributed by atoms with E-state index in [-0.39, 0.29) is 11.9 Å². The zero-order chi connectivity index (χ0) is 13.4. The zero-order valence-electron chi connectivity index (χ0n) is 11.3. The van der Waals surface area contributed by atoms with Crippen LogP contribution in [0.15, 0.2) is 12.1 Å². The van der Waals surface area contributed by atoms with E-state index in [1.807, 2.05) is 0 Å². The number of nitrogens with zero attached hydrogens (tertiary/aromatic N) is 1. The molecule has 2 aliphatic rings. The highest BCUT2D eigenvalue weighted by molar-refractivity contribution is 5.30. The van der Waals surface area contributed by atoms with Gasteiger partial charge in [-0.05, 0) is 37.3 Å². The number of aryl methyl sites for hydroxylation is 1. The van der Waals surface area contributed by atoms with Crippen molar-refractivity contribution in [2.24, 2.45) is 5.92 Å². The van der Waals surface area contributed by atoms with Gasteiger partial charge in [0, 0.05) is 37.8 Å². The summed E-state index contributed by atoms with van der Waals surface area (Å²) in [5, 5.41) is 3.29. The first-order chi connectivity index (χ1) is 9.18. The summed E-state index contributed by atoms with van der Waals surface area (Å²) in [4.78, 5) is 2.25. The minimum atomic E-state index is -0.390. The van der Waals surface area contributed by atoms with Crippen LogP contribution in [0.5, 0.6) is 0 Å². The molecule has 1 heterocycles. The molecule has 0 radical (unpaired) electrons. The summed E-state index contributed by atoms with van der Waals surface area (Å²) >= 11 is 0. The molecule has 3 rings (SSSR count). The van der Waals surface area contributed by atoms with Crippen LogP contribution in [0, 0.1) is 24.5 Å². The number of rotatable bonds is 3. The normalized spacial score (nSPS) is 22.5. The second-order valence-corrected chi connectivity index (χ2v) is 5.66. The van der Waals surface area contributed by atoms with Crippen molar-refractivity contribution < 1.29 is 8.78 Å². The van der Waals surface area contributed by atoms with Crippen molar-refractivity contribution >= 4 is 0 Å². The maximum atomic E-state index is 14.4. The van der Waals surface area contributed by atoms with Gasteiger partial charge in [0.25, 0.3) is 0 Å². The van der Waals surface area contributed by atoms with E-state index in [0.717, 1.165) is 39.0 Å². The molecule has 1 atom stereocenters. The summed E-state index contributed by atoms with van der Waals surface area (Å²) in [5.74, 6) is -0.321. The zero-order valence-corrected chi connectivity index (χ0v) is 11.3. The van der Waals surface area contributed by atoms with Crippen LogP contribution < -0.4 is 5.32 Å². The molecule has 19 heavy (non-hydrogen) atoms. The summed E-state index contributed by atoms with van der Waals surface area (Å²) in [6.07, 6.45) is 2.17. The van der Waals surface area contributed by atoms with Crippen molar-refractivity contribution in [1.29, 1.82) is 0 Å². The fraction of sp³-hybridized carbons (Fsp3) is 0.600. The maximum Gasteiger partial charge on any atom is 0.133 e. The van der Waals surface area contributed by atoms with Gasteiger partial charge in [-0.3, -0.25) is 4.90 Å². The summed E-state index contributed by atoms with van der Waals surface area (Å²) in [6.45, 7) is 5.25. The van der Waals surface area contributed by atoms with Crippen molar-refractivity contribution in [3.63, 3.8) is 0 Å². The molecule has 2 nitrogen and oxygen atoms in total. The van der Waals surface area contributed by atoms with E-state index in [1.165, 1.54) is 12.1 Å².